The summed E-state index contributed by atoms with van der Waals surface area (Å²) in [6, 6.07) is 6.93. The van der Waals surface area contributed by atoms with Crippen LogP contribution >= 0.6 is 0 Å². The van der Waals surface area contributed by atoms with Crippen molar-refractivity contribution in [2.24, 2.45) is 5.92 Å². The van der Waals surface area contributed by atoms with Gasteiger partial charge in [-0.3, -0.25) is 4.79 Å². The molecule has 0 spiro atoms. The first kappa shape index (κ1) is 17.1. The van der Waals surface area contributed by atoms with E-state index in [9.17, 15) is 4.79 Å². The highest BCUT2D eigenvalue weighted by atomic mass is 16.6. The van der Waals surface area contributed by atoms with E-state index in [1.807, 2.05) is 20.8 Å². The van der Waals surface area contributed by atoms with Gasteiger partial charge in [-0.25, -0.2) is 0 Å². The van der Waals surface area contributed by atoms with Gasteiger partial charge in [-0.15, -0.1) is 0 Å². The molecule has 24 heavy (non-hydrogen) atoms. The summed E-state index contributed by atoms with van der Waals surface area (Å²) < 4.78 is 11.4. The van der Waals surface area contributed by atoms with E-state index in [-0.39, 0.29) is 11.9 Å². The molecule has 0 saturated heterocycles. The molecular formula is C20H29NO3. The molecule has 4 heteroatoms. The summed E-state index contributed by atoms with van der Waals surface area (Å²) in [4.78, 5) is 14.8. The second-order valence-corrected chi connectivity index (χ2v) is 8.05. The number of carbonyl (C=O) groups excluding carboxylic acids is 1. The standard InChI is InChI=1S/C20H29NO3/c1-14-5-10-17-18(13-14)23-12-11-21(17)16-8-6-15(7-9-16)19(22)24-20(2,3)4/h5,10,13,15-16H,6-9,11-12H2,1-4H3. The van der Waals surface area contributed by atoms with Crippen molar-refractivity contribution in [2.45, 2.75) is 65.0 Å². The van der Waals surface area contributed by atoms with Crippen LogP contribution in [0.15, 0.2) is 18.2 Å². The maximum Gasteiger partial charge on any atom is 0.309 e. The third-order valence-electron chi connectivity index (χ3n) is 4.89. The van der Waals surface area contributed by atoms with Crippen LogP contribution in [0.4, 0.5) is 5.69 Å². The van der Waals surface area contributed by atoms with E-state index in [1.165, 1.54) is 11.3 Å². The molecular weight excluding hydrogens is 302 g/mol. The average Bonchev–Trinajstić information content (AvgIpc) is 2.52. The minimum absolute atomic E-state index is 0.0287. The number of ether oxygens (including phenoxy) is 2. The zero-order chi connectivity index (χ0) is 17.3. The third kappa shape index (κ3) is 3.85. The lowest BCUT2D eigenvalue weighted by Gasteiger charge is -2.41. The zero-order valence-corrected chi connectivity index (χ0v) is 15.3. The lowest BCUT2D eigenvalue weighted by molar-refractivity contribution is -0.161. The molecule has 132 valence electrons. The Kier molecular flexibility index (Phi) is 4.75. The SMILES string of the molecule is Cc1ccc2c(c1)OCCN2C1CCC(C(=O)OC(C)(C)C)CC1. The summed E-state index contributed by atoms with van der Waals surface area (Å²) in [5.74, 6) is 1.02. The van der Waals surface area contributed by atoms with E-state index in [2.05, 4.69) is 30.0 Å². The largest absolute Gasteiger partial charge is 0.490 e. The quantitative estimate of drug-likeness (QED) is 0.765. The molecule has 0 unspecified atom stereocenters. The fraction of sp³-hybridized carbons (Fsp3) is 0.650. The first-order valence-corrected chi connectivity index (χ1v) is 9.06. The second-order valence-electron chi connectivity index (χ2n) is 8.05. The van der Waals surface area contributed by atoms with Gasteiger partial charge in [-0.05, 0) is 71.1 Å². The lowest BCUT2D eigenvalue weighted by Crippen LogP contribution is -2.44. The average molecular weight is 331 g/mol. The molecule has 1 aromatic rings. The molecule has 2 aliphatic rings. The summed E-state index contributed by atoms with van der Waals surface area (Å²) in [6.07, 6.45) is 3.91. The number of anilines is 1. The van der Waals surface area contributed by atoms with E-state index in [0.29, 0.717) is 6.04 Å². The van der Waals surface area contributed by atoms with E-state index in [4.69, 9.17) is 9.47 Å². The van der Waals surface area contributed by atoms with Crippen LogP contribution in [0.1, 0.15) is 52.0 Å². The minimum Gasteiger partial charge on any atom is -0.490 e. The lowest BCUT2D eigenvalue weighted by atomic mass is 9.85. The molecule has 0 N–H and O–H groups in total. The van der Waals surface area contributed by atoms with Gasteiger partial charge in [0.25, 0.3) is 0 Å². The summed E-state index contributed by atoms with van der Waals surface area (Å²) in [5.41, 5.74) is 2.03. The van der Waals surface area contributed by atoms with E-state index in [1.54, 1.807) is 0 Å². The summed E-state index contributed by atoms with van der Waals surface area (Å²) >= 11 is 0. The van der Waals surface area contributed by atoms with E-state index >= 15 is 0 Å². The van der Waals surface area contributed by atoms with Gasteiger partial charge in [-0.2, -0.15) is 0 Å². The van der Waals surface area contributed by atoms with Gasteiger partial charge in [0.1, 0.15) is 18.0 Å². The number of hydrogen-bond acceptors (Lipinski definition) is 4. The Labute approximate surface area is 145 Å². The fourth-order valence-corrected chi connectivity index (χ4v) is 3.74. The number of esters is 1. The van der Waals surface area contributed by atoms with E-state index < -0.39 is 5.60 Å². The van der Waals surface area contributed by atoms with Crippen molar-refractivity contribution in [3.05, 3.63) is 23.8 Å². The zero-order valence-electron chi connectivity index (χ0n) is 15.3. The van der Waals surface area contributed by atoms with Crippen molar-refractivity contribution in [1.82, 2.24) is 0 Å². The molecule has 1 heterocycles. The van der Waals surface area contributed by atoms with E-state index in [0.717, 1.165) is 44.6 Å². The van der Waals surface area contributed by atoms with Crippen LogP contribution < -0.4 is 9.64 Å². The van der Waals surface area contributed by atoms with Crippen molar-refractivity contribution in [3.63, 3.8) is 0 Å². The van der Waals surface area contributed by atoms with Gasteiger partial charge in [0.05, 0.1) is 18.2 Å². The number of fused-ring (bicyclic) bond motifs is 1. The molecule has 1 aromatic carbocycles. The van der Waals surface area contributed by atoms with Crippen LogP contribution in [0.2, 0.25) is 0 Å². The smallest absolute Gasteiger partial charge is 0.309 e. The monoisotopic (exact) mass is 331 g/mol. The Hall–Kier alpha value is -1.71. The fourth-order valence-electron chi connectivity index (χ4n) is 3.74. The third-order valence-corrected chi connectivity index (χ3v) is 4.89. The van der Waals surface area contributed by atoms with Crippen LogP contribution in [0.25, 0.3) is 0 Å². The molecule has 0 amide bonds. The highest BCUT2D eigenvalue weighted by molar-refractivity contribution is 5.73. The van der Waals surface area contributed by atoms with Gasteiger partial charge in [-0.1, -0.05) is 6.07 Å². The van der Waals surface area contributed by atoms with Crippen LogP contribution in [0, 0.1) is 12.8 Å². The van der Waals surface area contributed by atoms with Gasteiger partial charge >= 0.3 is 5.97 Å². The van der Waals surface area contributed by atoms with Crippen molar-refractivity contribution in [2.75, 3.05) is 18.1 Å². The van der Waals surface area contributed by atoms with Gasteiger partial charge in [0.2, 0.25) is 0 Å². The molecule has 3 rings (SSSR count). The number of aryl methyl sites for hydroxylation is 1. The maximum absolute atomic E-state index is 12.3. The molecule has 1 aliphatic heterocycles. The molecule has 0 aromatic heterocycles. The summed E-state index contributed by atoms with van der Waals surface area (Å²) in [5, 5.41) is 0. The summed E-state index contributed by atoms with van der Waals surface area (Å²) in [7, 11) is 0. The highest BCUT2D eigenvalue weighted by Crippen LogP contribution is 2.38. The van der Waals surface area contributed by atoms with Crippen LogP contribution in [0.3, 0.4) is 0 Å². The Morgan fingerprint density at radius 1 is 1.21 bits per heavy atom. The maximum atomic E-state index is 12.3. The summed E-state index contributed by atoms with van der Waals surface area (Å²) in [6.45, 7) is 9.56. The predicted molar refractivity (Wildman–Crippen MR) is 95.6 cm³/mol. The highest BCUT2D eigenvalue weighted by Gasteiger charge is 2.33. The Bertz CT molecular complexity index is 597. The molecule has 1 fully saturated rings. The van der Waals surface area contributed by atoms with Crippen molar-refractivity contribution < 1.29 is 14.3 Å². The minimum atomic E-state index is -0.394. The van der Waals surface area contributed by atoms with Crippen molar-refractivity contribution >= 4 is 11.7 Å². The second kappa shape index (κ2) is 6.66. The molecule has 0 bridgehead atoms. The Morgan fingerprint density at radius 2 is 1.92 bits per heavy atom. The molecule has 0 atom stereocenters. The van der Waals surface area contributed by atoms with Crippen molar-refractivity contribution in [3.8, 4) is 5.75 Å². The number of carbonyl (C=O) groups is 1. The molecule has 1 saturated carbocycles. The molecule has 4 nitrogen and oxygen atoms in total. The van der Waals surface area contributed by atoms with Gasteiger partial charge < -0.3 is 14.4 Å². The number of hydrogen-bond donors (Lipinski definition) is 0. The van der Waals surface area contributed by atoms with Crippen LogP contribution in [-0.4, -0.2) is 30.8 Å². The topological polar surface area (TPSA) is 38.8 Å². The predicted octanol–water partition coefficient (Wildman–Crippen LogP) is 4.09. The Balaban J connectivity index is 1.63. The Morgan fingerprint density at radius 3 is 2.58 bits per heavy atom. The van der Waals surface area contributed by atoms with Crippen LogP contribution in [0.5, 0.6) is 5.75 Å². The molecule has 1 aliphatic carbocycles. The van der Waals surface area contributed by atoms with Crippen LogP contribution in [-0.2, 0) is 9.53 Å². The molecule has 0 radical (unpaired) electrons. The number of rotatable bonds is 2. The first-order valence-electron chi connectivity index (χ1n) is 9.06. The number of nitrogens with zero attached hydrogens (tertiary/aromatic N) is 1. The van der Waals surface area contributed by atoms with Crippen molar-refractivity contribution in [1.29, 1.82) is 0 Å². The van der Waals surface area contributed by atoms with Gasteiger partial charge in [0, 0.05) is 6.04 Å². The number of benzene rings is 1. The normalized spacial score (nSPS) is 24.1. The van der Waals surface area contributed by atoms with Gasteiger partial charge in [0.15, 0.2) is 0 Å². The first-order chi connectivity index (χ1) is 11.3.